The highest BCUT2D eigenvalue weighted by Crippen LogP contribution is 2.20. The molecular formula is C16H34ClN3O10. The molecule has 2 aliphatic heterocycles. The van der Waals surface area contributed by atoms with Crippen molar-refractivity contribution < 1.29 is 68.0 Å². The first-order valence-corrected chi connectivity index (χ1v) is 9.71. The van der Waals surface area contributed by atoms with Gasteiger partial charge < -0.3 is 68.0 Å². The van der Waals surface area contributed by atoms with Gasteiger partial charge in [0.05, 0.1) is 26.3 Å². The highest BCUT2D eigenvalue weighted by Gasteiger charge is 2.44. The van der Waals surface area contributed by atoms with Crippen LogP contribution in [0.1, 0.15) is 0 Å². The first kappa shape index (κ1) is 27.8. The Morgan fingerprint density at radius 2 is 0.967 bits per heavy atom. The van der Waals surface area contributed by atoms with Crippen LogP contribution in [-0.2, 0) is 9.47 Å². The minimum atomic E-state index is -1.43. The normalized spacial score (nSPS) is 42.0. The standard InChI is InChI=1S/C16H33N3O10.ClH/c20-5-7-9(22)11(24)13(26)15(28-7)18-3-1-17-2-4-19-16-14(27)12(25)10(23)8(6-21)29-16;/h7-27H,1-6H2;1H/t7-,8-,9-,10-,11-,12-,13-,14-,15-,16-;/m1./s1. The number of ether oxygens (including phenoxy) is 2. The van der Waals surface area contributed by atoms with Crippen molar-refractivity contribution in [2.45, 2.75) is 61.3 Å². The van der Waals surface area contributed by atoms with Crippen LogP contribution in [0, 0.1) is 0 Å². The Hall–Kier alpha value is -0.230. The molecule has 0 bridgehead atoms. The summed E-state index contributed by atoms with van der Waals surface area (Å²) in [7, 11) is 0. The molecule has 12 N–H and O–H groups in total. The Kier molecular flexibility index (Phi) is 12.4. The topological polar surface area (TPSA) is 221 Å². The molecule has 0 unspecified atom stereocenters. The fourth-order valence-electron chi connectivity index (χ4n) is 3.34. The predicted molar refractivity (Wildman–Crippen MR) is 95.2 cm³/mol. The minimum Gasteiger partial charge on any atom is -1.00 e. The number of quaternary nitrogens is 1. The Balaban J connectivity index is 0.00000450. The second-order valence-corrected chi connectivity index (χ2v) is 7.27. The SMILES string of the molecule is OC[C@H]1O[C@@H](NCC[NH2+]CCN[C@@H]2O[C@H](CO)[C@@H](O)[C@@H](O)[C@H]2O)[C@H](O)[C@H](O)[C@@H]1O.[Cl-]. The molecule has 0 spiro atoms. The van der Waals surface area contributed by atoms with Gasteiger partial charge in [-0.25, -0.2) is 0 Å². The number of nitrogens with one attached hydrogen (secondary N) is 2. The van der Waals surface area contributed by atoms with Crippen molar-refractivity contribution in [1.29, 1.82) is 0 Å². The maximum absolute atomic E-state index is 9.92. The van der Waals surface area contributed by atoms with Crippen LogP contribution in [0.5, 0.6) is 0 Å². The van der Waals surface area contributed by atoms with Crippen molar-refractivity contribution in [2.24, 2.45) is 0 Å². The van der Waals surface area contributed by atoms with E-state index in [9.17, 15) is 30.6 Å². The highest BCUT2D eigenvalue weighted by atomic mass is 35.5. The third-order valence-corrected chi connectivity index (χ3v) is 5.17. The smallest absolute Gasteiger partial charge is 0.137 e. The van der Waals surface area contributed by atoms with Crippen LogP contribution >= 0.6 is 0 Å². The van der Waals surface area contributed by atoms with E-state index in [4.69, 9.17) is 19.7 Å². The second kappa shape index (κ2) is 13.3. The Labute approximate surface area is 180 Å². The first-order valence-electron chi connectivity index (χ1n) is 9.71. The van der Waals surface area contributed by atoms with Crippen molar-refractivity contribution in [3.05, 3.63) is 0 Å². The van der Waals surface area contributed by atoms with Gasteiger partial charge in [0.15, 0.2) is 0 Å². The third kappa shape index (κ3) is 6.88. The molecule has 0 radical (unpaired) electrons. The molecule has 2 saturated heterocycles. The molecule has 2 rings (SSSR count). The lowest BCUT2D eigenvalue weighted by Gasteiger charge is -2.40. The fraction of sp³-hybridized carbons (Fsp3) is 1.00. The molecule has 0 aromatic heterocycles. The molecule has 13 nitrogen and oxygen atoms in total. The Morgan fingerprint density at radius 3 is 1.30 bits per heavy atom. The van der Waals surface area contributed by atoms with Gasteiger partial charge in [-0.1, -0.05) is 0 Å². The molecule has 0 aromatic carbocycles. The molecule has 2 fully saturated rings. The van der Waals surface area contributed by atoms with Crippen LogP contribution in [-0.4, -0.2) is 142 Å². The zero-order chi connectivity index (χ0) is 21.6. The van der Waals surface area contributed by atoms with Gasteiger partial charge in [-0.3, -0.25) is 10.6 Å². The van der Waals surface area contributed by atoms with Gasteiger partial charge in [0.1, 0.15) is 61.3 Å². The van der Waals surface area contributed by atoms with E-state index in [1.807, 2.05) is 5.32 Å². The average Bonchev–Trinajstić information content (AvgIpc) is 2.72. The minimum absolute atomic E-state index is 0. The zero-order valence-electron chi connectivity index (χ0n) is 16.4. The summed E-state index contributed by atoms with van der Waals surface area (Å²) in [6.45, 7) is 0.986. The summed E-state index contributed by atoms with van der Waals surface area (Å²) >= 11 is 0. The van der Waals surface area contributed by atoms with E-state index >= 15 is 0 Å². The number of aliphatic hydroxyl groups is 8. The summed E-state index contributed by atoms with van der Waals surface area (Å²) in [6.07, 6.45) is -12.1. The molecule has 10 atom stereocenters. The Bertz CT molecular complexity index is 441. The number of rotatable bonds is 10. The number of aliphatic hydroxyl groups excluding tert-OH is 8. The summed E-state index contributed by atoms with van der Waals surface area (Å²) in [4.78, 5) is 0. The maximum atomic E-state index is 9.92. The van der Waals surface area contributed by atoms with Crippen molar-refractivity contribution >= 4 is 0 Å². The number of hydrogen-bond donors (Lipinski definition) is 11. The average molecular weight is 464 g/mol. The molecular weight excluding hydrogens is 430 g/mol. The van der Waals surface area contributed by atoms with E-state index in [1.165, 1.54) is 0 Å². The van der Waals surface area contributed by atoms with Crippen LogP contribution in [0.4, 0.5) is 0 Å². The van der Waals surface area contributed by atoms with E-state index in [0.29, 0.717) is 26.2 Å². The van der Waals surface area contributed by atoms with E-state index in [2.05, 4.69) is 10.6 Å². The summed E-state index contributed by atoms with van der Waals surface area (Å²) in [5.41, 5.74) is 0. The van der Waals surface area contributed by atoms with E-state index in [1.54, 1.807) is 0 Å². The van der Waals surface area contributed by atoms with Gasteiger partial charge in [0.25, 0.3) is 0 Å². The molecule has 2 heterocycles. The van der Waals surface area contributed by atoms with Gasteiger partial charge in [-0.2, -0.15) is 0 Å². The summed E-state index contributed by atoms with van der Waals surface area (Å²) in [6, 6.07) is 0. The molecule has 180 valence electrons. The van der Waals surface area contributed by atoms with Crippen molar-refractivity contribution in [2.75, 3.05) is 39.4 Å². The van der Waals surface area contributed by atoms with E-state index in [0.717, 1.165) is 0 Å². The van der Waals surface area contributed by atoms with Gasteiger partial charge in [-0.05, 0) is 0 Å². The lowest BCUT2D eigenvalue weighted by atomic mass is 9.98. The molecule has 14 heteroatoms. The molecule has 30 heavy (non-hydrogen) atoms. The number of hydrogen-bond acceptors (Lipinski definition) is 12. The number of halogens is 1. The van der Waals surface area contributed by atoms with Crippen molar-refractivity contribution in [1.82, 2.24) is 10.6 Å². The third-order valence-electron chi connectivity index (χ3n) is 5.17. The second-order valence-electron chi connectivity index (χ2n) is 7.27. The van der Waals surface area contributed by atoms with E-state index in [-0.39, 0.29) is 12.4 Å². The largest absolute Gasteiger partial charge is 1.00 e. The summed E-state index contributed by atoms with van der Waals surface area (Å²) in [5.74, 6) is 0. The lowest BCUT2D eigenvalue weighted by molar-refractivity contribution is -0.651. The van der Waals surface area contributed by atoms with Crippen LogP contribution in [0.3, 0.4) is 0 Å². The molecule has 2 aliphatic rings. The fourth-order valence-corrected chi connectivity index (χ4v) is 3.34. The number of nitrogens with two attached hydrogens (primary N) is 1. The highest BCUT2D eigenvalue weighted by molar-refractivity contribution is 4.91. The Morgan fingerprint density at radius 1 is 0.600 bits per heavy atom. The maximum Gasteiger partial charge on any atom is 0.137 e. The molecule has 0 amide bonds. The monoisotopic (exact) mass is 463 g/mol. The predicted octanol–water partition coefficient (Wildman–Crippen LogP) is -10.7. The quantitative estimate of drug-likeness (QED) is 0.136. The van der Waals surface area contributed by atoms with Gasteiger partial charge >= 0.3 is 0 Å². The van der Waals surface area contributed by atoms with Gasteiger partial charge in [0.2, 0.25) is 0 Å². The molecule has 0 aromatic rings. The van der Waals surface area contributed by atoms with Crippen LogP contribution in [0.2, 0.25) is 0 Å². The molecule has 0 aliphatic carbocycles. The van der Waals surface area contributed by atoms with E-state index < -0.39 is 74.5 Å². The summed E-state index contributed by atoms with van der Waals surface area (Å²) < 4.78 is 10.7. The van der Waals surface area contributed by atoms with Crippen LogP contribution < -0.4 is 28.4 Å². The summed E-state index contributed by atoms with van der Waals surface area (Å²) in [5, 5.41) is 84.8. The van der Waals surface area contributed by atoms with Crippen molar-refractivity contribution in [3.63, 3.8) is 0 Å². The van der Waals surface area contributed by atoms with Gasteiger partial charge in [0, 0.05) is 13.1 Å². The van der Waals surface area contributed by atoms with Gasteiger partial charge in [-0.15, -0.1) is 0 Å². The molecule has 0 saturated carbocycles. The first-order chi connectivity index (χ1) is 13.8. The van der Waals surface area contributed by atoms with Crippen LogP contribution in [0.15, 0.2) is 0 Å². The zero-order valence-corrected chi connectivity index (χ0v) is 17.1. The lowest BCUT2D eigenvalue weighted by Crippen LogP contribution is -3.00. The van der Waals surface area contributed by atoms with Crippen LogP contribution in [0.25, 0.3) is 0 Å². The van der Waals surface area contributed by atoms with Crippen molar-refractivity contribution in [3.8, 4) is 0 Å².